The van der Waals surface area contributed by atoms with Crippen molar-refractivity contribution in [2.24, 2.45) is 0 Å². The number of anilines is 1. The summed E-state index contributed by atoms with van der Waals surface area (Å²) in [5.74, 6) is -0.249. The molecule has 6 nitrogen and oxygen atoms in total. The highest BCUT2D eigenvalue weighted by molar-refractivity contribution is 5.91. The maximum Gasteiger partial charge on any atom is 0.408 e. The van der Waals surface area contributed by atoms with Crippen LogP contribution in [0.1, 0.15) is 38.8 Å². The topological polar surface area (TPSA) is 82.5 Å². The summed E-state index contributed by atoms with van der Waals surface area (Å²) in [5, 5.41) is 12.8. The van der Waals surface area contributed by atoms with Gasteiger partial charge in [-0.05, 0) is 61.7 Å². The first kappa shape index (κ1) is 22.0. The zero-order valence-electron chi connectivity index (χ0n) is 17.9. The third-order valence-corrected chi connectivity index (χ3v) is 4.99. The van der Waals surface area contributed by atoms with Crippen LogP contribution < -0.4 is 5.32 Å². The fourth-order valence-corrected chi connectivity index (χ4v) is 3.60. The smallest absolute Gasteiger partial charge is 0.408 e. The Morgan fingerprint density at radius 2 is 1.52 bits per heavy atom. The molecule has 1 heterocycles. The lowest BCUT2D eigenvalue weighted by molar-refractivity contribution is -0.117. The molecule has 0 aliphatic heterocycles. The summed E-state index contributed by atoms with van der Waals surface area (Å²) >= 11 is 0. The lowest BCUT2D eigenvalue weighted by Crippen LogP contribution is -2.48. The predicted molar refractivity (Wildman–Crippen MR) is 122 cm³/mol. The maximum atomic E-state index is 12.9. The number of amides is 2. The first-order chi connectivity index (χ1) is 14.8. The molecule has 0 radical (unpaired) electrons. The zero-order chi connectivity index (χ0) is 22.4. The second-order valence-corrected chi connectivity index (χ2v) is 8.32. The third-order valence-electron chi connectivity index (χ3n) is 4.99. The van der Waals surface area contributed by atoms with Gasteiger partial charge in [0.2, 0.25) is 5.91 Å². The maximum absolute atomic E-state index is 12.9. The minimum Gasteiger partial charge on any atom is -0.465 e. The largest absolute Gasteiger partial charge is 0.465 e. The van der Waals surface area contributed by atoms with E-state index in [2.05, 4.69) is 10.3 Å². The fourth-order valence-electron chi connectivity index (χ4n) is 3.60. The van der Waals surface area contributed by atoms with E-state index in [1.807, 2.05) is 87.5 Å². The molecule has 31 heavy (non-hydrogen) atoms. The van der Waals surface area contributed by atoms with Crippen molar-refractivity contribution < 1.29 is 14.7 Å². The zero-order valence-corrected chi connectivity index (χ0v) is 17.9. The molecule has 0 saturated carbocycles. The standard InChI is InChI=1S/C25H27N3O3/c1-25(2,3)28(24(30)31)22(20-7-5-4-6-8-20)17-23(29)27-21-11-9-18(10-12-21)19-13-15-26-16-14-19/h4-16,22H,17H2,1-3H3,(H,27,29)(H,30,31)/t22-/m0/s1. The van der Waals surface area contributed by atoms with Gasteiger partial charge in [-0.2, -0.15) is 0 Å². The van der Waals surface area contributed by atoms with Crippen LogP contribution in [0.5, 0.6) is 0 Å². The summed E-state index contributed by atoms with van der Waals surface area (Å²) in [7, 11) is 0. The van der Waals surface area contributed by atoms with Crippen LogP contribution in [0.15, 0.2) is 79.1 Å². The molecule has 0 saturated heterocycles. The molecule has 0 aliphatic rings. The molecular formula is C25H27N3O3. The minimum absolute atomic E-state index is 0.0136. The van der Waals surface area contributed by atoms with E-state index in [1.54, 1.807) is 12.4 Å². The van der Waals surface area contributed by atoms with Crippen molar-refractivity contribution in [2.45, 2.75) is 38.8 Å². The van der Waals surface area contributed by atoms with Gasteiger partial charge < -0.3 is 10.4 Å². The Kier molecular flexibility index (Phi) is 6.70. The van der Waals surface area contributed by atoms with Gasteiger partial charge in [0.05, 0.1) is 12.5 Å². The molecule has 6 heteroatoms. The quantitative estimate of drug-likeness (QED) is 0.547. The third kappa shape index (κ3) is 5.69. The highest BCUT2D eigenvalue weighted by atomic mass is 16.4. The van der Waals surface area contributed by atoms with Crippen molar-refractivity contribution in [3.63, 3.8) is 0 Å². The summed E-state index contributed by atoms with van der Waals surface area (Å²) in [6.07, 6.45) is 2.42. The van der Waals surface area contributed by atoms with E-state index < -0.39 is 17.7 Å². The minimum atomic E-state index is -1.06. The molecule has 2 aromatic carbocycles. The molecule has 160 valence electrons. The van der Waals surface area contributed by atoms with Crippen LogP contribution in [0.3, 0.4) is 0 Å². The molecule has 0 spiro atoms. The van der Waals surface area contributed by atoms with Crippen molar-refractivity contribution in [3.8, 4) is 11.1 Å². The number of carbonyl (C=O) groups is 2. The molecule has 2 amide bonds. The normalized spacial score (nSPS) is 12.1. The number of hydrogen-bond donors (Lipinski definition) is 2. The molecule has 1 aromatic heterocycles. The van der Waals surface area contributed by atoms with Crippen LogP contribution >= 0.6 is 0 Å². The number of nitrogens with one attached hydrogen (secondary N) is 1. The van der Waals surface area contributed by atoms with Gasteiger partial charge in [-0.25, -0.2) is 4.79 Å². The summed E-state index contributed by atoms with van der Waals surface area (Å²) in [6.45, 7) is 5.48. The average molecular weight is 418 g/mol. The van der Waals surface area contributed by atoms with E-state index in [0.29, 0.717) is 5.69 Å². The Bertz CT molecular complexity index is 1010. The number of benzene rings is 2. The van der Waals surface area contributed by atoms with Crippen LogP contribution in [0.25, 0.3) is 11.1 Å². The van der Waals surface area contributed by atoms with Crippen LogP contribution in [-0.2, 0) is 4.79 Å². The Labute approximate surface area is 182 Å². The number of aromatic nitrogens is 1. The second-order valence-electron chi connectivity index (χ2n) is 8.32. The summed E-state index contributed by atoms with van der Waals surface area (Å²) in [5.41, 5.74) is 2.83. The van der Waals surface area contributed by atoms with Gasteiger partial charge >= 0.3 is 6.09 Å². The van der Waals surface area contributed by atoms with Crippen molar-refractivity contribution in [3.05, 3.63) is 84.7 Å². The molecule has 0 unspecified atom stereocenters. The first-order valence-corrected chi connectivity index (χ1v) is 10.1. The van der Waals surface area contributed by atoms with Crippen LogP contribution in [0.4, 0.5) is 10.5 Å². The molecular weight excluding hydrogens is 390 g/mol. The molecule has 0 bridgehead atoms. The van der Waals surface area contributed by atoms with Gasteiger partial charge in [-0.1, -0.05) is 42.5 Å². The molecule has 0 fully saturated rings. The highest BCUT2D eigenvalue weighted by Gasteiger charge is 2.35. The molecule has 0 aliphatic carbocycles. The molecule has 3 aromatic rings. The lowest BCUT2D eigenvalue weighted by atomic mass is 9.96. The van der Waals surface area contributed by atoms with E-state index in [9.17, 15) is 14.7 Å². The lowest BCUT2D eigenvalue weighted by Gasteiger charge is -2.39. The van der Waals surface area contributed by atoms with Crippen LogP contribution in [-0.4, -0.2) is 32.5 Å². The van der Waals surface area contributed by atoms with Crippen LogP contribution in [0, 0.1) is 0 Å². The van der Waals surface area contributed by atoms with Gasteiger partial charge in [0.15, 0.2) is 0 Å². The van der Waals surface area contributed by atoms with E-state index in [0.717, 1.165) is 16.7 Å². The van der Waals surface area contributed by atoms with Gasteiger partial charge in [0.1, 0.15) is 0 Å². The van der Waals surface area contributed by atoms with Crippen molar-refractivity contribution >= 4 is 17.7 Å². The molecule has 1 atom stereocenters. The fraction of sp³-hybridized carbons (Fsp3) is 0.240. The predicted octanol–water partition coefficient (Wildman–Crippen LogP) is 5.60. The van der Waals surface area contributed by atoms with Gasteiger partial charge in [0.25, 0.3) is 0 Å². The van der Waals surface area contributed by atoms with Gasteiger partial charge in [-0.15, -0.1) is 0 Å². The van der Waals surface area contributed by atoms with E-state index in [4.69, 9.17) is 0 Å². The summed E-state index contributed by atoms with van der Waals surface area (Å²) < 4.78 is 0. The summed E-state index contributed by atoms with van der Waals surface area (Å²) in [6, 6.07) is 20.0. The average Bonchev–Trinajstić information content (AvgIpc) is 2.74. The van der Waals surface area contributed by atoms with E-state index in [1.165, 1.54) is 4.90 Å². The summed E-state index contributed by atoms with van der Waals surface area (Å²) in [4.78, 5) is 30.3. The number of carboxylic acid groups (broad SMARTS) is 1. The van der Waals surface area contributed by atoms with Crippen molar-refractivity contribution in [1.29, 1.82) is 0 Å². The van der Waals surface area contributed by atoms with Gasteiger partial charge in [-0.3, -0.25) is 14.7 Å². The molecule has 3 rings (SSSR count). The van der Waals surface area contributed by atoms with E-state index >= 15 is 0 Å². The number of rotatable bonds is 6. The number of carbonyl (C=O) groups excluding carboxylic acids is 1. The Morgan fingerprint density at radius 3 is 2.06 bits per heavy atom. The van der Waals surface area contributed by atoms with Crippen LogP contribution in [0.2, 0.25) is 0 Å². The SMILES string of the molecule is CC(C)(C)N(C(=O)O)[C@@H](CC(=O)Nc1ccc(-c2ccncc2)cc1)c1ccccc1. The number of pyridine rings is 1. The first-order valence-electron chi connectivity index (χ1n) is 10.1. The Hall–Kier alpha value is -3.67. The Balaban J connectivity index is 1.78. The number of nitrogens with zero attached hydrogens (tertiary/aromatic N) is 2. The second kappa shape index (κ2) is 9.43. The highest BCUT2D eigenvalue weighted by Crippen LogP contribution is 2.31. The molecule has 2 N–H and O–H groups in total. The van der Waals surface area contributed by atoms with E-state index in [-0.39, 0.29) is 12.3 Å². The Morgan fingerprint density at radius 1 is 0.935 bits per heavy atom. The van der Waals surface area contributed by atoms with Crippen molar-refractivity contribution in [1.82, 2.24) is 9.88 Å². The van der Waals surface area contributed by atoms with Crippen molar-refractivity contribution in [2.75, 3.05) is 5.32 Å². The monoisotopic (exact) mass is 417 g/mol. The van der Waals surface area contributed by atoms with Gasteiger partial charge in [0, 0.05) is 23.6 Å². The number of hydrogen-bond acceptors (Lipinski definition) is 3.